The van der Waals surface area contributed by atoms with Crippen LogP contribution in [0.3, 0.4) is 0 Å². The second-order valence-corrected chi connectivity index (χ2v) is 4.85. The van der Waals surface area contributed by atoms with E-state index in [1.54, 1.807) is 24.3 Å². The van der Waals surface area contributed by atoms with Crippen LogP contribution in [0, 0.1) is 5.53 Å². The maximum atomic E-state index is 11.9. The standard InChI is InChI=1S/C15H21N5O6/c16-4-5-18-15(23)11-2-1-3-12(8-11)26-9-13(19-20-17)25-7-6-24-10-14(21)22/h1-3,8,13,17H,4-7,9-10,16H2,(H-,18,21,22,23). The summed E-state index contributed by atoms with van der Waals surface area (Å²) in [7, 11) is 0. The predicted molar refractivity (Wildman–Crippen MR) is 86.2 cm³/mol. The molecule has 1 rings (SSSR count). The number of nitrogens with one attached hydrogen (secondary N) is 2. The number of hydrogen-bond acceptors (Lipinski definition) is 9. The van der Waals surface area contributed by atoms with Gasteiger partial charge in [-0.3, -0.25) is 4.79 Å². The van der Waals surface area contributed by atoms with Crippen LogP contribution in [-0.4, -0.2) is 57.6 Å². The van der Waals surface area contributed by atoms with E-state index in [1.807, 2.05) is 0 Å². The Kier molecular flexibility index (Phi) is 10.2. The smallest absolute Gasteiger partial charge is 0.266 e. The number of nitrogens with zero attached hydrogens (tertiary/aromatic N) is 2. The second-order valence-electron chi connectivity index (χ2n) is 4.85. The van der Waals surface area contributed by atoms with Crippen molar-refractivity contribution in [2.75, 3.05) is 39.5 Å². The van der Waals surface area contributed by atoms with E-state index in [9.17, 15) is 14.7 Å². The number of carbonyl (C=O) groups is 2. The quantitative estimate of drug-likeness (QED) is 0.214. The summed E-state index contributed by atoms with van der Waals surface area (Å²) in [5.41, 5.74) is 12.5. The van der Waals surface area contributed by atoms with Crippen LogP contribution in [0.5, 0.6) is 5.75 Å². The molecule has 0 aliphatic carbocycles. The Bertz CT molecular complexity index is 635. The monoisotopic (exact) mass is 367 g/mol. The minimum absolute atomic E-state index is 0.00873. The lowest BCUT2D eigenvalue weighted by molar-refractivity contribution is -0.309. The van der Waals surface area contributed by atoms with Crippen molar-refractivity contribution in [3.63, 3.8) is 0 Å². The van der Waals surface area contributed by atoms with Crippen LogP contribution < -0.4 is 25.8 Å². The van der Waals surface area contributed by atoms with Crippen molar-refractivity contribution >= 4 is 11.9 Å². The molecule has 0 saturated heterocycles. The fourth-order valence-corrected chi connectivity index (χ4v) is 1.76. The van der Waals surface area contributed by atoms with E-state index >= 15 is 0 Å². The highest BCUT2D eigenvalue weighted by atomic mass is 16.6. The van der Waals surface area contributed by atoms with Gasteiger partial charge in [-0.05, 0) is 18.2 Å². The van der Waals surface area contributed by atoms with Crippen LogP contribution >= 0.6 is 0 Å². The molecule has 142 valence electrons. The molecule has 11 nitrogen and oxygen atoms in total. The Hall–Kier alpha value is -2.85. The first-order valence-corrected chi connectivity index (χ1v) is 7.73. The zero-order chi connectivity index (χ0) is 19.2. The van der Waals surface area contributed by atoms with Gasteiger partial charge in [-0.15, -0.1) is 0 Å². The number of carboxylic acids is 1. The number of hydrogen-bond donors (Lipinski definition) is 3. The summed E-state index contributed by atoms with van der Waals surface area (Å²) in [6, 6.07) is 6.48. The van der Waals surface area contributed by atoms with Gasteiger partial charge in [0.25, 0.3) is 12.1 Å². The predicted octanol–water partition coefficient (Wildman–Crippen LogP) is -1.59. The van der Waals surface area contributed by atoms with E-state index in [4.69, 9.17) is 25.5 Å². The van der Waals surface area contributed by atoms with E-state index in [1.165, 1.54) is 0 Å². The highest BCUT2D eigenvalue weighted by molar-refractivity contribution is 5.94. The van der Waals surface area contributed by atoms with Crippen molar-refractivity contribution in [1.29, 1.82) is 5.53 Å². The summed E-state index contributed by atoms with van der Waals surface area (Å²) in [6.07, 6.45) is -0.881. The van der Waals surface area contributed by atoms with E-state index < -0.39 is 18.8 Å². The first-order valence-electron chi connectivity index (χ1n) is 7.73. The second kappa shape index (κ2) is 12.5. The fraction of sp³-hybridized carbons (Fsp3) is 0.467. The van der Waals surface area contributed by atoms with Crippen molar-refractivity contribution < 1.29 is 28.9 Å². The molecule has 1 aromatic rings. The van der Waals surface area contributed by atoms with Crippen molar-refractivity contribution in [2.45, 2.75) is 6.23 Å². The van der Waals surface area contributed by atoms with Gasteiger partial charge in [0.05, 0.1) is 25.8 Å². The maximum absolute atomic E-state index is 11.9. The number of amides is 1. The van der Waals surface area contributed by atoms with Crippen molar-refractivity contribution in [3.05, 3.63) is 29.8 Å². The molecule has 1 atom stereocenters. The molecule has 0 radical (unpaired) electrons. The summed E-state index contributed by atoms with van der Waals surface area (Å²) in [5, 5.41) is 16.4. The van der Waals surface area contributed by atoms with Crippen molar-refractivity contribution in [2.24, 2.45) is 10.8 Å². The molecule has 1 unspecified atom stereocenters. The van der Waals surface area contributed by atoms with E-state index in [0.717, 1.165) is 0 Å². The Labute approximate surface area is 149 Å². The van der Waals surface area contributed by atoms with Crippen LogP contribution in [-0.2, 0) is 14.3 Å². The van der Waals surface area contributed by atoms with Gasteiger partial charge in [0.15, 0.2) is 5.11 Å². The molecule has 1 aromatic carbocycles. The molecule has 26 heavy (non-hydrogen) atoms. The third kappa shape index (κ3) is 8.85. The Balaban J connectivity index is 2.48. The normalized spacial score (nSPS) is 11.3. The largest absolute Gasteiger partial charge is 0.548 e. The highest BCUT2D eigenvalue weighted by Crippen LogP contribution is 2.14. The van der Waals surface area contributed by atoms with Crippen LogP contribution in [0.1, 0.15) is 10.4 Å². The SMILES string of the molecule is N=[N+]=NC(COc1cccc(C(=O)NCCN)c1)OCCOCC(=O)[O-]. The number of carbonyl (C=O) groups excluding carboxylic acids is 2. The molecule has 0 aliphatic rings. The minimum Gasteiger partial charge on any atom is -0.548 e. The van der Waals surface area contributed by atoms with E-state index in [2.05, 4.69) is 15.3 Å². The molecule has 0 spiro atoms. The number of aliphatic carboxylic acids is 1. The van der Waals surface area contributed by atoms with E-state index in [0.29, 0.717) is 24.4 Å². The van der Waals surface area contributed by atoms with Crippen LogP contribution in [0.25, 0.3) is 0 Å². The van der Waals surface area contributed by atoms with Crippen molar-refractivity contribution in [1.82, 2.24) is 10.2 Å². The van der Waals surface area contributed by atoms with Crippen LogP contribution in [0.15, 0.2) is 29.4 Å². The van der Waals surface area contributed by atoms with Gasteiger partial charge in [-0.2, -0.15) is 0 Å². The first-order chi connectivity index (χ1) is 12.6. The number of nitrogens with two attached hydrogens (primary N) is 1. The number of rotatable bonds is 13. The van der Waals surface area contributed by atoms with Crippen molar-refractivity contribution in [3.8, 4) is 5.75 Å². The number of carboxylic acid groups (broad SMARTS) is 1. The number of benzene rings is 1. The fourth-order valence-electron chi connectivity index (χ4n) is 1.76. The Morgan fingerprint density at radius 1 is 1.38 bits per heavy atom. The molecule has 0 bridgehead atoms. The summed E-state index contributed by atoms with van der Waals surface area (Å²) in [5.74, 6) is -1.19. The van der Waals surface area contributed by atoms with E-state index in [-0.39, 0.29) is 25.7 Å². The number of ether oxygens (including phenoxy) is 3. The van der Waals surface area contributed by atoms with Gasteiger partial charge in [-0.25, -0.2) is 0 Å². The molecule has 1 amide bonds. The lowest BCUT2D eigenvalue weighted by Gasteiger charge is -2.12. The molecule has 0 aromatic heterocycles. The van der Waals surface area contributed by atoms with Gasteiger partial charge in [-0.1, -0.05) is 6.07 Å². The molecule has 11 heteroatoms. The Morgan fingerprint density at radius 3 is 2.88 bits per heavy atom. The molecule has 0 aliphatic heterocycles. The minimum atomic E-state index is -1.33. The van der Waals surface area contributed by atoms with Crippen LogP contribution in [0.4, 0.5) is 0 Å². The van der Waals surface area contributed by atoms with Gasteiger partial charge >= 0.3 is 0 Å². The molecular formula is C15H21N5O6. The third-order valence-electron chi connectivity index (χ3n) is 2.86. The summed E-state index contributed by atoms with van der Waals surface area (Å²) >= 11 is 0. The summed E-state index contributed by atoms with van der Waals surface area (Å²) < 4.78 is 15.5. The zero-order valence-electron chi connectivity index (χ0n) is 14.1. The van der Waals surface area contributed by atoms with Gasteiger partial charge in [0, 0.05) is 18.7 Å². The lowest BCUT2D eigenvalue weighted by atomic mass is 10.2. The third-order valence-corrected chi connectivity index (χ3v) is 2.86. The zero-order valence-corrected chi connectivity index (χ0v) is 14.1. The van der Waals surface area contributed by atoms with Crippen LogP contribution in [0.2, 0.25) is 0 Å². The Morgan fingerprint density at radius 2 is 2.19 bits per heavy atom. The van der Waals surface area contributed by atoms with Gasteiger partial charge in [0.2, 0.25) is 4.91 Å². The molecule has 0 saturated carbocycles. The maximum Gasteiger partial charge on any atom is 0.266 e. The molecule has 0 heterocycles. The average Bonchev–Trinajstić information content (AvgIpc) is 2.63. The molecule has 0 fully saturated rings. The lowest BCUT2D eigenvalue weighted by Crippen LogP contribution is -2.29. The molecule has 4 N–H and O–H groups in total. The first kappa shape index (κ1) is 21.2. The van der Waals surface area contributed by atoms with Gasteiger partial charge in [0.1, 0.15) is 17.9 Å². The summed E-state index contributed by atoms with van der Waals surface area (Å²) in [6.45, 7) is 0.145. The van der Waals surface area contributed by atoms with Gasteiger partial charge < -0.3 is 35.2 Å². The topological polar surface area (TPSA) is 173 Å². The average molecular weight is 367 g/mol. The molecular weight excluding hydrogens is 346 g/mol. The highest BCUT2D eigenvalue weighted by Gasteiger charge is 2.15. The summed E-state index contributed by atoms with van der Waals surface area (Å²) in [4.78, 5) is 25.0.